The number of rotatable bonds is 7. The van der Waals surface area contributed by atoms with Crippen molar-refractivity contribution in [2.45, 2.75) is 19.8 Å². The maximum atomic E-state index is 12.0. The van der Waals surface area contributed by atoms with Crippen LogP contribution in [0.1, 0.15) is 30.9 Å². The zero-order valence-corrected chi connectivity index (χ0v) is 17.3. The lowest BCUT2D eigenvalue weighted by Gasteiger charge is -2.20. The van der Waals surface area contributed by atoms with Crippen LogP contribution in [-0.2, 0) is 14.3 Å². The van der Waals surface area contributed by atoms with Crippen LogP contribution < -0.4 is 19.5 Å². The van der Waals surface area contributed by atoms with Gasteiger partial charge in [-0.1, -0.05) is 26.0 Å². The van der Waals surface area contributed by atoms with Crippen molar-refractivity contribution >= 4 is 23.6 Å². The van der Waals surface area contributed by atoms with Gasteiger partial charge in [0.05, 0.1) is 7.11 Å². The number of carbonyl (C=O) groups excluding carboxylic acids is 2. The van der Waals surface area contributed by atoms with Crippen LogP contribution in [0, 0.1) is 0 Å². The first kappa shape index (κ1) is 21.2. The lowest BCUT2D eigenvalue weighted by Crippen LogP contribution is -2.20. The van der Waals surface area contributed by atoms with E-state index in [2.05, 4.69) is 19.2 Å². The molecular weight excluding hydrogens is 386 g/mol. The van der Waals surface area contributed by atoms with E-state index >= 15 is 0 Å². The normalized spacial score (nSPS) is 12.7. The first-order valence-electron chi connectivity index (χ1n) is 9.68. The monoisotopic (exact) mass is 411 g/mol. The molecule has 1 amide bonds. The number of ether oxygens (including phenoxy) is 4. The summed E-state index contributed by atoms with van der Waals surface area (Å²) >= 11 is 0. The van der Waals surface area contributed by atoms with Crippen molar-refractivity contribution in [3.8, 4) is 17.2 Å². The van der Waals surface area contributed by atoms with Crippen molar-refractivity contribution in [1.29, 1.82) is 0 Å². The third-order valence-corrected chi connectivity index (χ3v) is 4.47. The molecule has 30 heavy (non-hydrogen) atoms. The van der Waals surface area contributed by atoms with E-state index in [1.54, 1.807) is 18.2 Å². The minimum absolute atomic E-state index is 0.375. The number of hydrogen-bond acceptors (Lipinski definition) is 6. The van der Waals surface area contributed by atoms with Crippen molar-refractivity contribution in [2.24, 2.45) is 0 Å². The van der Waals surface area contributed by atoms with Crippen molar-refractivity contribution in [2.75, 3.05) is 32.2 Å². The molecule has 0 fully saturated rings. The molecule has 0 aliphatic carbocycles. The molecule has 0 saturated heterocycles. The van der Waals surface area contributed by atoms with E-state index in [1.807, 2.05) is 24.3 Å². The zero-order chi connectivity index (χ0) is 21.5. The SMILES string of the molecule is COc1cc(/C=C/C(=O)OCC(=O)Nc2ccc(C(C)C)cc2)cc2c1OCCO2. The summed E-state index contributed by atoms with van der Waals surface area (Å²) in [6.45, 7) is 4.72. The third kappa shape index (κ3) is 5.53. The second-order valence-electron chi connectivity index (χ2n) is 7.01. The summed E-state index contributed by atoms with van der Waals surface area (Å²) in [5.74, 6) is 0.988. The maximum absolute atomic E-state index is 12.0. The molecule has 0 saturated carbocycles. The quantitative estimate of drug-likeness (QED) is 0.551. The van der Waals surface area contributed by atoms with Gasteiger partial charge in [-0.25, -0.2) is 4.79 Å². The molecular formula is C23H25NO6. The fraction of sp³-hybridized carbons (Fsp3) is 0.304. The average molecular weight is 411 g/mol. The van der Waals surface area contributed by atoms with Crippen LogP contribution in [0.5, 0.6) is 17.2 Å². The second kappa shape index (κ2) is 9.82. The van der Waals surface area contributed by atoms with Crippen LogP contribution in [0.25, 0.3) is 6.08 Å². The number of hydrogen-bond donors (Lipinski definition) is 1. The van der Waals surface area contributed by atoms with E-state index in [0.717, 1.165) is 0 Å². The maximum Gasteiger partial charge on any atom is 0.331 e. The van der Waals surface area contributed by atoms with Crippen LogP contribution in [0.2, 0.25) is 0 Å². The molecule has 0 bridgehead atoms. The highest BCUT2D eigenvalue weighted by atomic mass is 16.6. The molecule has 1 heterocycles. The predicted molar refractivity (Wildman–Crippen MR) is 113 cm³/mol. The van der Waals surface area contributed by atoms with Gasteiger partial charge in [-0.15, -0.1) is 0 Å². The van der Waals surface area contributed by atoms with Gasteiger partial charge in [-0.05, 0) is 47.4 Å². The van der Waals surface area contributed by atoms with Crippen LogP contribution in [0.4, 0.5) is 5.69 Å². The fourth-order valence-corrected chi connectivity index (χ4v) is 2.89. The van der Waals surface area contributed by atoms with Gasteiger partial charge in [0.25, 0.3) is 5.91 Å². The number of amides is 1. The molecule has 0 atom stereocenters. The molecule has 3 rings (SSSR count). The molecule has 0 spiro atoms. The van der Waals surface area contributed by atoms with Gasteiger partial charge in [0.1, 0.15) is 13.2 Å². The van der Waals surface area contributed by atoms with Crippen LogP contribution >= 0.6 is 0 Å². The first-order chi connectivity index (χ1) is 14.5. The number of methoxy groups -OCH3 is 1. The predicted octanol–water partition coefficient (Wildman–Crippen LogP) is 3.78. The zero-order valence-electron chi connectivity index (χ0n) is 17.3. The number of esters is 1. The van der Waals surface area contributed by atoms with Crippen LogP contribution in [0.3, 0.4) is 0 Å². The molecule has 0 radical (unpaired) electrons. The number of benzene rings is 2. The Labute approximate surface area is 175 Å². The highest BCUT2D eigenvalue weighted by Gasteiger charge is 2.18. The third-order valence-electron chi connectivity index (χ3n) is 4.47. The Morgan fingerprint density at radius 3 is 2.57 bits per heavy atom. The van der Waals surface area contributed by atoms with Gasteiger partial charge in [-0.3, -0.25) is 4.79 Å². The van der Waals surface area contributed by atoms with Gasteiger partial charge in [-0.2, -0.15) is 0 Å². The van der Waals surface area contributed by atoms with Crippen LogP contribution in [0.15, 0.2) is 42.5 Å². The minimum Gasteiger partial charge on any atom is -0.493 e. The van der Waals surface area contributed by atoms with Gasteiger partial charge in [0.15, 0.2) is 18.1 Å². The van der Waals surface area contributed by atoms with E-state index < -0.39 is 11.9 Å². The van der Waals surface area contributed by atoms with Crippen LogP contribution in [-0.4, -0.2) is 38.8 Å². The van der Waals surface area contributed by atoms with E-state index in [0.29, 0.717) is 47.6 Å². The van der Waals surface area contributed by atoms with E-state index in [-0.39, 0.29) is 6.61 Å². The fourth-order valence-electron chi connectivity index (χ4n) is 2.89. The minimum atomic E-state index is -0.630. The summed E-state index contributed by atoms with van der Waals surface area (Å²) in [4.78, 5) is 24.0. The topological polar surface area (TPSA) is 83.1 Å². The second-order valence-corrected chi connectivity index (χ2v) is 7.01. The summed E-state index contributed by atoms with van der Waals surface area (Å²) in [5, 5.41) is 2.70. The highest BCUT2D eigenvalue weighted by Crippen LogP contribution is 2.40. The molecule has 2 aromatic carbocycles. The van der Waals surface area contributed by atoms with E-state index in [4.69, 9.17) is 18.9 Å². The van der Waals surface area contributed by atoms with Gasteiger partial charge in [0.2, 0.25) is 5.75 Å². The van der Waals surface area contributed by atoms with Gasteiger partial charge in [0, 0.05) is 11.8 Å². The van der Waals surface area contributed by atoms with Crippen molar-refractivity contribution in [3.63, 3.8) is 0 Å². The Hall–Kier alpha value is -3.48. The number of nitrogens with one attached hydrogen (secondary N) is 1. The number of anilines is 1. The molecule has 7 heteroatoms. The van der Waals surface area contributed by atoms with Crippen molar-refractivity contribution < 1.29 is 28.5 Å². The molecule has 1 aliphatic rings. The number of fused-ring (bicyclic) bond motifs is 1. The Morgan fingerprint density at radius 2 is 1.87 bits per heavy atom. The average Bonchev–Trinajstić information content (AvgIpc) is 2.76. The van der Waals surface area contributed by atoms with Crippen molar-refractivity contribution in [3.05, 3.63) is 53.6 Å². The largest absolute Gasteiger partial charge is 0.493 e. The molecule has 1 aliphatic heterocycles. The standard InChI is InChI=1S/C23H25NO6/c1-15(2)17-5-7-18(8-6-17)24-21(25)14-30-22(26)9-4-16-12-19(27-3)23-20(13-16)28-10-11-29-23/h4-9,12-13,15H,10-11,14H2,1-3H3,(H,24,25)/b9-4+. The lowest BCUT2D eigenvalue weighted by molar-refractivity contribution is -0.142. The number of carbonyl (C=O) groups is 2. The Bertz CT molecular complexity index is 916. The molecule has 2 aromatic rings. The lowest BCUT2D eigenvalue weighted by atomic mass is 10.0. The summed E-state index contributed by atoms with van der Waals surface area (Å²) in [6, 6.07) is 11.0. The molecule has 0 unspecified atom stereocenters. The molecule has 0 aromatic heterocycles. The Balaban J connectivity index is 1.53. The van der Waals surface area contributed by atoms with Gasteiger partial charge < -0.3 is 24.3 Å². The molecule has 1 N–H and O–H groups in total. The Morgan fingerprint density at radius 1 is 1.13 bits per heavy atom. The molecule has 7 nitrogen and oxygen atoms in total. The summed E-state index contributed by atoms with van der Waals surface area (Å²) in [6.07, 6.45) is 2.81. The molecule has 158 valence electrons. The summed E-state index contributed by atoms with van der Waals surface area (Å²) in [5.41, 5.74) is 2.52. The summed E-state index contributed by atoms with van der Waals surface area (Å²) in [7, 11) is 1.53. The summed E-state index contributed by atoms with van der Waals surface area (Å²) < 4.78 is 21.4. The highest BCUT2D eigenvalue weighted by molar-refractivity contribution is 5.94. The van der Waals surface area contributed by atoms with E-state index in [9.17, 15) is 9.59 Å². The van der Waals surface area contributed by atoms with Crippen molar-refractivity contribution in [1.82, 2.24) is 0 Å². The van der Waals surface area contributed by atoms with Gasteiger partial charge >= 0.3 is 5.97 Å². The first-order valence-corrected chi connectivity index (χ1v) is 9.68. The van der Waals surface area contributed by atoms with E-state index in [1.165, 1.54) is 18.7 Å². The smallest absolute Gasteiger partial charge is 0.331 e. The Kier molecular flexibility index (Phi) is 6.95.